The second-order valence-electron chi connectivity index (χ2n) is 7.83. The van der Waals surface area contributed by atoms with Gasteiger partial charge in [-0.1, -0.05) is 72.6 Å². The molecule has 0 saturated carbocycles. The van der Waals surface area contributed by atoms with Crippen LogP contribution in [0.3, 0.4) is 0 Å². The fourth-order valence-electron chi connectivity index (χ4n) is 3.00. The first kappa shape index (κ1) is 20.9. The monoisotopic (exact) mass is 334 g/mol. The number of aryl methyl sites for hydroxylation is 2. The van der Waals surface area contributed by atoms with Crippen LogP contribution >= 0.6 is 0 Å². The van der Waals surface area contributed by atoms with Crippen molar-refractivity contribution in [2.75, 3.05) is 6.61 Å². The summed E-state index contributed by atoms with van der Waals surface area (Å²) in [6.07, 6.45) is 14.5. The Labute approximate surface area is 149 Å². The maximum atomic E-state index is 5.99. The van der Waals surface area contributed by atoms with E-state index in [1.165, 1.54) is 51.4 Å². The van der Waals surface area contributed by atoms with Crippen molar-refractivity contribution in [2.45, 2.75) is 98.8 Å². The highest BCUT2D eigenvalue weighted by Crippen LogP contribution is 2.24. The molecule has 0 bridgehead atoms. The minimum atomic E-state index is 0.192. The summed E-state index contributed by atoms with van der Waals surface area (Å²) in [5, 5.41) is 0. The van der Waals surface area contributed by atoms with E-state index < -0.39 is 0 Å². The molecule has 3 nitrogen and oxygen atoms in total. The highest BCUT2D eigenvalue weighted by molar-refractivity contribution is 5.18. The van der Waals surface area contributed by atoms with Gasteiger partial charge in [-0.15, -0.1) is 0 Å². The van der Waals surface area contributed by atoms with Gasteiger partial charge < -0.3 is 4.74 Å². The quantitative estimate of drug-likeness (QED) is 0.398. The SMILES string of the molecule is CCCCCCCCCc1cnc(C)c(OCC(C)(C)CCC)n1. The van der Waals surface area contributed by atoms with Gasteiger partial charge in [0.25, 0.3) is 0 Å². The van der Waals surface area contributed by atoms with Gasteiger partial charge in [-0.3, -0.25) is 4.98 Å². The molecular formula is C21H38N2O. The summed E-state index contributed by atoms with van der Waals surface area (Å²) < 4.78 is 5.99. The molecule has 0 radical (unpaired) electrons. The Bertz CT molecular complexity index is 457. The van der Waals surface area contributed by atoms with Gasteiger partial charge in [0.05, 0.1) is 18.0 Å². The fourth-order valence-corrected chi connectivity index (χ4v) is 3.00. The van der Waals surface area contributed by atoms with E-state index in [4.69, 9.17) is 9.72 Å². The first-order valence-corrected chi connectivity index (χ1v) is 9.94. The molecule has 0 aliphatic carbocycles. The molecule has 24 heavy (non-hydrogen) atoms. The van der Waals surface area contributed by atoms with E-state index in [-0.39, 0.29) is 5.41 Å². The molecule has 0 fully saturated rings. The van der Waals surface area contributed by atoms with Crippen LogP contribution in [0.5, 0.6) is 5.88 Å². The number of rotatable bonds is 13. The van der Waals surface area contributed by atoms with Gasteiger partial charge in [0.15, 0.2) is 0 Å². The molecule has 3 heteroatoms. The number of hydrogen-bond donors (Lipinski definition) is 0. The molecule has 0 unspecified atom stereocenters. The first-order valence-electron chi connectivity index (χ1n) is 9.94. The van der Waals surface area contributed by atoms with Crippen LogP contribution in [0.25, 0.3) is 0 Å². The van der Waals surface area contributed by atoms with Crippen molar-refractivity contribution < 1.29 is 4.74 Å². The third-order valence-electron chi connectivity index (χ3n) is 4.52. The molecule has 0 amide bonds. The standard InChI is InChI=1S/C21H38N2O/c1-6-8-9-10-11-12-13-14-19-16-22-18(3)20(23-19)24-17-21(4,5)15-7-2/h16H,6-15,17H2,1-5H3. The summed E-state index contributed by atoms with van der Waals surface area (Å²) in [4.78, 5) is 9.18. The van der Waals surface area contributed by atoms with Crippen molar-refractivity contribution in [1.29, 1.82) is 0 Å². The Morgan fingerprint density at radius 1 is 0.958 bits per heavy atom. The molecule has 0 aliphatic rings. The van der Waals surface area contributed by atoms with E-state index in [9.17, 15) is 0 Å². The zero-order chi connectivity index (χ0) is 17.8. The van der Waals surface area contributed by atoms with Gasteiger partial charge in [0, 0.05) is 6.20 Å². The summed E-state index contributed by atoms with van der Waals surface area (Å²) in [6, 6.07) is 0. The summed E-state index contributed by atoms with van der Waals surface area (Å²) >= 11 is 0. The third kappa shape index (κ3) is 8.65. The molecule has 138 valence electrons. The second-order valence-corrected chi connectivity index (χ2v) is 7.83. The van der Waals surface area contributed by atoms with Gasteiger partial charge in [-0.05, 0) is 31.6 Å². The average molecular weight is 335 g/mol. The van der Waals surface area contributed by atoms with Crippen molar-refractivity contribution in [3.05, 3.63) is 17.6 Å². The fraction of sp³-hybridized carbons (Fsp3) is 0.810. The first-order chi connectivity index (χ1) is 11.5. The van der Waals surface area contributed by atoms with Crippen LogP contribution in [0, 0.1) is 12.3 Å². The lowest BCUT2D eigenvalue weighted by atomic mass is 9.89. The van der Waals surface area contributed by atoms with E-state index in [1.54, 1.807) is 0 Å². The Morgan fingerprint density at radius 3 is 2.29 bits per heavy atom. The smallest absolute Gasteiger partial charge is 0.235 e. The summed E-state index contributed by atoms with van der Waals surface area (Å²) in [7, 11) is 0. The predicted molar refractivity (Wildman–Crippen MR) is 103 cm³/mol. The largest absolute Gasteiger partial charge is 0.476 e. The molecule has 0 N–H and O–H groups in total. The molecule has 0 aromatic carbocycles. The second kappa shape index (κ2) is 11.4. The van der Waals surface area contributed by atoms with Crippen molar-refractivity contribution in [1.82, 2.24) is 9.97 Å². The Morgan fingerprint density at radius 2 is 1.62 bits per heavy atom. The van der Waals surface area contributed by atoms with Gasteiger partial charge in [-0.2, -0.15) is 0 Å². The molecule has 0 aliphatic heterocycles. The zero-order valence-corrected chi connectivity index (χ0v) is 16.7. The van der Waals surface area contributed by atoms with Crippen LogP contribution in [-0.4, -0.2) is 16.6 Å². The molecule has 1 rings (SSSR count). The number of unbranched alkanes of at least 4 members (excludes halogenated alkanes) is 6. The van der Waals surface area contributed by atoms with Crippen molar-refractivity contribution in [3.63, 3.8) is 0 Å². The van der Waals surface area contributed by atoms with Gasteiger partial charge in [0.1, 0.15) is 0 Å². The van der Waals surface area contributed by atoms with Crippen LogP contribution in [0.1, 0.15) is 96.9 Å². The maximum absolute atomic E-state index is 5.99. The van der Waals surface area contributed by atoms with Crippen LogP contribution in [0.15, 0.2) is 6.20 Å². The third-order valence-corrected chi connectivity index (χ3v) is 4.52. The van der Waals surface area contributed by atoms with Crippen molar-refractivity contribution >= 4 is 0 Å². The Kier molecular flexibility index (Phi) is 9.97. The predicted octanol–water partition coefficient (Wildman–Crippen LogP) is 6.28. The minimum Gasteiger partial charge on any atom is -0.476 e. The van der Waals surface area contributed by atoms with Gasteiger partial charge in [-0.25, -0.2) is 4.98 Å². The molecular weight excluding hydrogens is 296 g/mol. The topological polar surface area (TPSA) is 35.0 Å². The number of hydrogen-bond acceptors (Lipinski definition) is 3. The zero-order valence-electron chi connectivity index (χ0n) is 16.7. The summed E-state index contributed by atoms with van der Waals surface area (Å²) in [5.41, 5.74) is 2.15. The van der Waals surface area contributed by atoms with Crippen molar-refractivity contribution in [2.24, 2.45) is 5.41 Å². The Hall–Kier alpha value is -1.12. The van der Waals surface area contributed by atoms with E-state index in [0.717, 1.165) is 30.1 Å². The normalized spacial score (nSPS) is 11.7. The molecule has 1 aromatic rings. The highest BCUT2D eigenvalue weighted by Gasteiger charge is 2.18. The van der Waals surface area contributed by atoms with Gasteiger partial charge in [0.2, 0.25) is 5.88 Å². The summed E-state index contributed by atoms with van der Waals surface area (Å²) in [5.74, 6) is 0.722. The lowest BCUT2D eigenvalue weighted by Gasteiger charge is -2.24. The van der Waals surface area contributed by atoms with E-state index >= 15 is 0 Å². The number of ether oxygens (including phenoxy) is 1. The molecule has 0 saturated heterocycles. The number of aromatic nitrogens is 2. The number of nitrogens with zero attached hydrogens (tertiary/aromatic N) is 2. The van der Waals surface area contributed by atoms with E-state index in [2.05, 4.69) is 32.7 Å². The maximum Gasteiger partial charge on any atom is 0.235 e. The molecule has 0 atom stereocenters. The van der Waals surface area contributed by atoms with Crippen molar-refractivity contribution in [3.8, 4) is 5.88 Å². The summed E-state index contributed by atoms with van der Waals surface area (Å²) in [6.45, 7) is 11.7. The van der Waals surface area contributed by atoms with Crippen LogP contribution in [0.2, 0.25) is 0 Å². The van der Waals surface area contributed by atoms with E-state index in [1.807, 2.05) is 13.1 Å². The minimum absolute atomic E-state index is 0.192. The average Bonchev–Trinajstić information content (AvgIpc) is 2.54. The van der Waals surface area contributed by atoms with Crippen LogP contribution in [0.4, 0.5) is 0 Å². The van der Waals surface area contributed by atoms with Crippen LogP contribution in [-0.2, 0) is 6.42 Å². The lowest BCUT2D eigenvalue weighted by molar-refractivity contribution is 0.161. The molecule has 1 aromatic heterocycles. The molecule has 1 heterocycles. The molecule has 0 spiro atoms. The van der Waals surface area contributed by atoms with E-state index in [0.29, 0.717) is 6.61 Å². The Balaban J connectivity index is 2.39. The lowest BCUT2D eigenvalue weighted by Crippen LogP contribution is -2.22. The van der Waals surface area contributed by atoms with Gasteiger partial charge >= 0.3 is 0 Å². The highest BCUT2D eigenvalue weighted by atomic mass is 16.5. The van der Waals surface area contributed by atoms with Crippen LogP contribution < -0.4 is 4.74 Å².